The number of aromatic nitrogens is 1. The third-order valence-electron chi connectivity index (χ3n) is 1.96. The minimum absolute atomic E-state index is 0.279. The van der Waals surface area contributed by atoms with Gasteiger partial charge in [0.25, 0.3) is 0 Å². The van der Waals surface area contributed by atoms with Crippen LogP contribution >= 0.6 is 23.2 Å². The molecule has 0 aliphatic heterocycles. The Hall–Kier alpha value is -1.19. The average Bonchev–Trinajstić information content (AvgIpc) is 2.67. The van der Waals surface area contributed by atoms with Crippen LogP contribution in [0.4, 0.5) is 0 Å². The number of hydrogen-bond acceptors (Lipinski definition) is 3. The van der Waals surface area contributed by atoms with Crippen molar-refractivity contribution in [3.05, 3.63) is 45.8 Å². The summed E-state index contributed by atoms with van der Waals surface area (Å²) < 4.78 is 10.5. The van der Waals surface area contributed by atoms with Gasteiger partial charge < -0.3 is 9.26 Å². The maximum atomic E-state index is 5.96. The summed E-state index contributed by atoms with van der Waals surface area (Å²) in [6.45, 7) is 2.13. The van der Waals surface area contributed by atoms with E-state index in [0.717, 1.165) is 5.69 Å². The Balaban J connectivity index is 2.07. The molecule has 0 aliphatic carbocycles. The van der Waals surface area contributed by atoms with Crippen LogP contribution in [-0.2, 0) is 6.61 Å². The van der Waals surface area contributed by atoms with Gasteiger partial charge in [0.05, 0.1) is 10.7 Å². The van der Waals surface area contributed by atoms with E-state index in [1.165, 1.54) is 0 Å². The van der Waals surface area contributed by atoms with E-state index in [9.17, 15) is 0 Å². The minimum Gasteiger partial charge on any atom is -0.484 e. The fraction of sp³-hybridized carbons (Fsp3) is 0.182. The monoisotopic (exact) mass is 257 g/mol. The second-order valence-electron chi connectivity index (χ2n) is 3.28. The first-order valence-electron chi connectivity index (χ1n) is 4.66. The standard InChI is InChI=1S/C11H9Cl2NO2/c1-7-5-8(16-14-7)6-15-10-4-2-3-9(12)11(10)13/h2-5H,6H2,1H3. The van der Waals surface area contributed by atoms with Gasteiger partial charge in [-0.3, -0.25) is 0 Å². The van der Waals surface area contributed by atoms with Crippen molar-refractivity contribution in [1.82, 2.24) is 5.16 Å². The lowest BCUT2D eigenvalue weighted by Gasteiger charge is -2.06. The van der Waals surface area contributed by atoms with Crippen molar-refractivity contribution in [1.29, 1.82) is 0 Å². The lowest BCUT2D eigenvalue weighted by molar-refractivity contribution is 0.249. The highest BCUT2D eigenvalue weighted by molar-refractivity contribution is 6.42. The molecule has 0 unspecified atom stereocenters. The van der Waals surface area contributed by atoms with Gasteiger partial charge in [-0.15, -0.1) is 0 Å². The number of rotatable bonds is 3. The molecule has 2 rings (SSSR count). The van der Waals surface area contributed by atoms with Crippen LogP contribution in [0.15, 0.2) is 28.8 Å². The molecule has 0 spiro atoms. The normalized spacial score (nSPS) is 10.4. The van der Waals surface area contributed by atoms with Crippen molar-refractivity contribution in [2.75, 3.05) is 0 Å². The summed E-state index contributed by atoms with van der Waals surface area (Å²) in [5.74, 6) is 1.18. The van der Waals surface area contributed by atoms with Crippen molar-refractivity contribution in [2.24, 2.45) is 0 Å². The lowest BCUT2D eigenvalue weighted by Crippen LogP contribution is -1.94. The third kappa shape index (κ3) is 2.49. The highest BCUT2D eigenvalue weighted by Crippen LogP contribution is 2.31. The number of hydrogen-bond donors (Lipinski definition) is 0. The SMILES string of the molecule is Cc1cc(COc2cccc(Cl)c2Cl)on1. The molecule has 0 N–H and O–H groups in total. The van der Waals surface area contributed by atoms with Gasteiger partial charge in [0.1, 0.15) is 17.4 Å². The maximum Gasteiger partial charge on any atom is 0.174 e. The highest BCUT2D eigenvalue weighted by Gasteiger charge is 2.07. The van der Waals surface area contributed by atoms with E-state index in [4.69, 9.17) is 32.5 Å². The fourth-order valence-corrected chi connectivity index (χ4v) is 1.58. The summed E-state index contributed by atoms with van der Waals surface area (Å²) in [4.78, 5) is 0. The molecule has 0 aliphatic rings. The quantitative estimate of drug-likeness (QED) is 0.838. The van der Waals surface area contributed by atoms with Crippen molar-refractivity contribution in [2.45, 2.75) is 13.5 Å². The molecule has 0 amide bonds. The molecular weight excluding hydrogens is 249 g/mol. The largest absolute Gasteiger partial charge is 0.484 e. The van der Waals surface area contributed by atoms with Gasteiger partial charge in [-0.2, -0.15) is 0 Å². The molecule has 0 radical (unpaired) electrons. The number of benzene rings is 1. The Labute approximate surface area is 103 Å². The van der Waals surface area contributed by atoms with E-state index in [1.54, 1.807) is 24.3 Å². The van der Waals surface area contributed by atoms with E-state index >= 15 is 0 Å². The molecule has 0 fully saturated rings. The average molecular weight is 258 g/mol. The summed E-state index contributed by atoms with van der Waals surface area (Å²) in [6, 6.07) is 7.03. The van der Waals surface area contributed by atoms with Crippen molar-refractivity contribution >= 4 is 23.2 Å². The predicted octanol–water partition coefficient (Wildman–Crippen LogP) is 3.87. The van der Waals surface area contributed by atoms with E-state index < -0.39 is 0 Å². The van der Waals surface area contributed by atoms with E-state index in [1.807, 2.05) is 6.92 Å². The van der Waals surface area contributed by atoms with Crippen LogP contribution in [0.3, 0.4) is 0 Å². The second kappa shape index (κ2) is 4.76. The van der Waals surface area contributed by atoms with Crippen molar-refractivity contribution < 1.29 is 9.26 Å². The summed E-state index contributed by atoms with van der Waals surface area (Å²) in [7, 11) is 0. The molecule has 0 atom stereocenters. The van der Waals surface area contributed by atoms with Gasteiger partial charge in [0, 0.05) is 6.07 Å². The van der Waals surface area contributed by atoms with Gasteiger partial charge in [-0.1, -0.05) is 34.4 Å². The Morgan fingerprint density at radius 3 is 2.88 bits per heavy atom. The Morgan fingerprint density at radius 1 is 1.38 bits per heavy atom. The van der Waals surface area contributed by atoms with E-state index in [2.05, 4.69) is 5.16 Å². The molecule has 5 heteroatoms. The van der Waals surface area contributed by atoms with Crippen LogP contribution in [0.2, 0.25) is 10.0 Å². The van der Waals surface area contributed by atoms with Crippen LogP contribution in [0, 0.1) is 6.92 Å². The summed E-state index contributed by atoms with van der Waals surface area (Å²) in [5.41, 5.74) is 0.816. The first-order chi connectivity index (χ1) is 7.66. The summed E-state index contributed by atoms with van der Waals surface area (Å²) in [5, 5.41) is 4.62. The fourth-order valence-electron chi connectivity index (χ4n) is 1.23. The molecule has 0 saturated heterocycles. The Bertz CT molecular complexity index is 496. The number of nitrogens with zero attached hydrogens (tertiary/aromatic N) is 1. The lowest BCUT2D eigenvalue weighted by atomic mass is 10.3. The molecule has 16 heavy (non-hydrogen) atoms. The van der Waals surface area contributed by atoms with Crippen molar-refractivity contribution in [3.63, 3.8) is 0 Å². The topological polar surface area (TPSA) is 35.3 Å². The molecule has 84 valence electrons. The number of ether oxygens (including phenoxy) is 1. The zero-order chi connectivity index (χ0) is 11.5. The first-order valence-corrected chi connectivity index (χ1v) is 5.41. The van der Waals surface area contributed by atoms with E-state index in [0.29, 0.717) is 21.6 Å². The number of halogens is 2. The maximum absolute atomic E-state index is 5.96. The van der Waals surface area contributed by atoms with Crippen LogP contribution in [-0.4, -0.2) is 5.16 Å². The smallest absolute Gasteiger partial charge is 0.174 e. The molecular formula is C11H9Cl2NO2. The van der Waals surface area contributed by atoms with Crippen LogP contribution in [0.1, 0.15) is 11.5 Å². The van der Waals surface area contributed by atoms with Crippen molar-refractivity contribution in [3.8, 4) is 5.75 Å². The molecule has 0 saturated carbocycles. The van der Waals surface area contributed by atoms with Crippen LogP contribution < -0.4 is 4.74 Å². The minimum atomic E-state index is 0.279. The van der Waals surface area contributed by atoms with E-state index in [-0.39, 0.29) is 6.61 Å². The van der Waals surface area contributed by atoms with Gasteiger partial charge in [0.2, 0.25) is 0 Å². The zero-order valence-corrected chi connectivity index (χ0v) is 10.0. The molecule has 1 aromatic heterocycles. The third-order valence-corrected chi connectivity index (χ3v) is 2.76. The van der Waals surface area contributed by atoms with Gasteiger partial charge >= 0.3 is 0 Å². The highest BCUT2D eigenvalue weighted by atomic mass is 35.5. The van der Waals surface area contributed by atoms with Crippen LogP contribution in [0.5, 0.6) is 5.75 Å². The molecule has 1 heterocycles. The molecule has 2 aromatic rings. The van der Waals surface area contributed by atoms with Gasteiger partial charge in [0.15, 0.2) is 5.76 Å². The number of aryl methyl sites for hydroxylation is 1. The molecule has 3 nitrogen and oxygen atoms in total. The Kier molecular flexibility index (Phi) is 3.36. The first kappa shape index (κ1) is 11.3. The molecule has 1 aromatic carbocycles. The zero-order valence-electron chi connectivity index (χ0n) is 8.54. The van der Waals surface area contributed by atoms with Gasteiger partial charge in [-0.25, -0.2) is 0 Å². The Morgan fingerprint density at radius 2 is 2.19 bits per heavy atom. The summed E-state index contributed by atoms with van der Waals surface area (Å²) in [6.07, 6.45) is 0. The van der Waals surface area contributed by atoms with Gasteiger partial charge in [-0.05, 0) is 19.1 Å². The summed E-state index contributed by atoms with van der Waals surface area (Å²) >= 11 is 11.8. The predicted molar refractivity (Wildman–Crippen MR) is 62.0 cm³/mol. The second-order valence-corrected chi connectivity index (χ2v) is 4.06. The van der Waals surface area contributed by atoms with Crippen LogP contribution in [0.25, 0.3) is 0 Å². The molecule has 0 bridgehead atoms.